The number of carbonyl (C=O) groups excluding carboxylic acids is 1. The number of rotatable bonds is 55. The van der Waals surface area contributed by atoms with Gasteiger partial charge >= 0.3 is 0 Å². The zero-order chi connectivity index (χ0) is 51.5. The number of allylic oxidation sites excluding steroid dienone is 1. The lowest BCUT2D eigenvalue weighted by molar-refractivity contribution is -0.302. The smallest absolute Gasteiger partial charge is 0.220 e. The monoisotopic (exact) mass is 1010 g/mol. The number of aliphatic hydroxyl groups is 5. The number of hydrogen-bond donors (Lipinski definition) is 6. The van der Waals surface area contributed by atoms with Crippen molar-refractivity contribution in [1.29, 1.82) is 0 Å². The molecular weight excluding hydrogens is 887 g/mol. The Morgan fingerprint density at radius 3 is 1.10 bits per heavy atom. The van der Waals surface area contributed by atoms with Gasteiger partial charge in [0.05, 0.1) is 25.4 Å². The molecule has 7 atom stereocenters. The Balaban J connectivity index is 1.98. The number of nitrogens with one attached hydrogen (secondary N) is 1. The van der Waals surface area contributed by atoms with Crippen LogP contribution in [-0.2, 0) is 14.3 Å². The number of carbonyl (C=O) groups is 1. The number of amides is 1. The molecule has 1 aliphatic heterocycles. The lowest BCUT2D eigenvalue weighted by atomic mass is 9.99. The second kappa shape index (κ2) is 52.4. The molecule has 0 aliphatic carbocycles. The first kappa shape index (κ1) is 67.9. The van der Waals surface area contributed by atoms with E-state index in [2.05, 4.69) is 19.2 Å². The molecule has 422 valence electrons. The van der Waals surface area contributed by atoms with Crippen LogP contribution >= 0.6 is 0 Å². The highest BCUT2D eigenvalue weighted by Gasteiger charge is 2.44. The first-order valence-electron chi connectivity index (χ1n) is 31.4. The molecule has 0 aromatic rings. The van der Waals surface area contributed by atoms with Crippen molar-refractivity contribution in [3.63, 3.8) is 0 Å². The second-order valence-corrected chi connectivity index (χ2v) is 22.2. The highest BCUT2D eigenvalue weighted by Crippen LogP contribution is 2.23. The van der Waals surface area contributed by atoms with Crippen LogP contribution in [0.2, 0.25) is 0 Å². The number of ether oxygens (including phenoxy) is 2. The molecule has 1 rings (SSSR count). The van der Waals surface area contributed by atoms with Gasteiger partial charge < -0.3 is 40.3 Å². The first-order chi connectivity index (χ1) is 34.8. The average Bonchev–Trinajstić information content (AvgIpc) is 3.37. The Morgan fingerprint density at radius 1 is 0.465 bits per heavy atom. The molecule has 71 heavy (non-hydrogen) atoms. The summed E-state index contributed by atoms with van der Waals surface area (Å²) in [6.07, 6.45) is 59.2. The van der Waals surface area contributed by atoms with Gasteiger partial charge in [-0.3, -0.25) is 4.79 Å². The minimum atomic E-state index is -1.56. The molecule has 0 aromatic carbocycles. The van der Waals surface area contributed by atoms with Crippen LogP contribution in [0.1, 0.15) is 322 Å². The normalized spacial score (nSPS) is 19.2. The fourth-order valence-corrected chi connectivity index (χ4v) is 10.4. The van der Waals surface area contributed by atoms with E-state index in [0.29, 0.717) is 6.42 Å². The standard InChI is InChI=1S/C62H121NO8/c1-3-5-7-9-11-13-15-16-17-18-19-20-21-22-23-24-25-26-27-28-29-30-31-32-33-34-35-36-37-38-39-40-41-42-44-46-48-50-52-58(66)63-55(54-70-62-61(69)60(68)59(67)57(53-64)71-62)56(65)51-49-47-45-43-14-12-10-8-6-4-2/h49,51,55-57,59-62,64-65,67-69H,3-48,50,52-54H2,1-2H3,(H,63,66)/b51-49+. The van der Waals surface area contributed by atoms with Gasteiger partial charge in [-0.2, -0.15) is 0 Å². The predicted octanol–water partition coefficient (Wildman–Crippen LogP) is 16.0. The molecule has 0 radical (unpaired) electrons. The molecule has 0 aromatic heterocycles. The van der Waals surface area contributed by atoms with Gasteiger partial charge in [0, 0.05) is 6.42 Å². The van der Waals surface area contributed by atoms with E-state index in [0.717, 1.165) is 38.5 Å². The fourth-order valence-electron chi connectivity index (χ4n) is 10.4. The van der Waals surface area contributed by atoms with Crippen LogP contribution < -0.4 is 5.32 Å². The van der Waals surface area contributed by atoms with Gasteiger partial charge in [-0.1, -0.05) is 309 Å². The predicted molar refractivity (Wildman–Crippen MR) is 300 cm³/mol. The molecule has 9 heteroatoms. The van der Waals surface area contributed by atoms with E-state index in [9.17, 15) is 30.3 Å². The largest absolute Gasteiger partial charge is 0.394 e. The van der Waals surface area contributed by atoms with Crippen molar-refractivity contribution in [2.45, 2.75) is 365 Å². The minimum Gasteiger partial charge on any atom is -0.394 e. The molecule has 9 nitrogen and oxygen atoms in total. The zero-order valence-corrected chi connectivity index (χ0v) is 47.0. The molecule has 1 saturated heterocycles. The van der Waals surface area contributed by atoms with Crippen LogP contribution in [0.3, 0.4) is 0 Å². The van der Waals surface area contributed by atoms with Crippen molar-refractivity contribution in [2.75, 3.05) is 13.2 Å². The van der Waals surface area contributed by atoms with Crippen LogP contribution in [0.25, 0.3) is 0 Å². The Kier molecular flexibility index (Phi) is 50.1. The minimum absolute atomic E-state index is 0.172. The summed E-state index contributed by atoms with van der Waals surface area (Å²) in [5.74, 6) is -0.172. The van der Waals surface area contributed by atoms with E-state index in [1.165, 1.54) is 263 Å². The Morgan fingerprint density at radius 2 is 0.775 bits per heavy atom. The van der Waals surface area contributed by atoms with Crippen LogP contribution in [0.15, 0.2) is 12.2 Å². The summed E-state index contributed by atoms with van der Waals surface area (Å²) in [5, 5.41) is 54.3. The maximum absolute atomic E-state index is 13.0. The Hall–Kier alpha value is -1.07. The van der Waals surface area contributed by atoms with Gasteiger partial charge in [0.25, 0.3) is 0 Å². The van der Waals surface area contributed by atoms with Crippen molar-refractivity contribution >= 4 is 5.91 Å². The van der Waals surface area contributed by atoms with Crippen molar-refractivity contribution in [2.24, 2.45) is 0 Å². The topological polar surface area (TPSA) is 149 Å². The Labute approximate surface area is 439 Å². The summed E-state index contributed by atoms with van der Waals surface area (Å²) >= 11 is 0. The highest BCUT2D eigenvalue weighted by molar-refractivity contribution is 5.76. The lowest BCUT2D eigenvalue weighted by Crippen LogP contribution is -2.60. The summed E-state index contributed by atoms with van der Waals surface area (Å²) in [6, 6.07) is -0.799. The fraction of sp³-hybridized carbons (Fsp3) is 0.952. The molecule has 6 N–H and O–H groups in total. The third-order valence-electron chi connectivity index (χ3n) is 15.4. The van der Waals surface area contributed by atoms with E-state index in [1.54, 1.807) is 6.08 Å². The maximum Gasteiger partial charge on any atom is 0.220 e. The van der Waals surface area contributed by atoms with Crippen LogP contribution in [-0.4, -0.2) is 87.5 Å². The molecular formula is C62H121NO8. The summed E-state index contributed by atoms with van der Waals surface area (Å²) in [7, 11) is 0. The third-order valence-corrected chi connectivity index (χ3v) is 15.4. The van der Waals surface area contributed by atoms with Gasteiger partial charge in [-0.15, -0.1) is 0 Å². The summed E-state index contributed by atoms with van der Waals surface area (Å²) < 4.78 is 11.2. The van der Waals surface area contributed by atoms with E-state index >= 15 is 0 Å². The number of unbranched alkanes of at least 4 members (excludes halogenated alkanes) is 45. The van der Waals surface area contributed by atoms with Gasteiger partial charge in [0.2, 0.25) is 5.91 Å². The lowest BCUT2D eigenvalue weighted by Gasteiger charge is -2.40. The molecule has 1 fully saturated rings. The van der Waals surface area contributed by atoms with Gasteiger partial charge in [0.1, 0.15) is 24.4 Å². The number of hydrogen-bond acceptors (Lipinski definition) is 8. The van der Waals surface area contributed by atoms with E-state index in [4.69, 9.17) is 9.47 Å². The molecule has 0 spiro atoms. The molecule has 0 bridgehead atoms. The highest BCUT2D eigenvalue weighted by atomic mass is 16.7. The van der Waals surface area contributed by atoms with E-state index < -0.39 is 49.5 Å². The molecule has 0 saturated carbocycles. The van der Waals surface area contributed by atoms with Crippen LogP contribution in [0, 0.1) is 0 Å². The summed E-state index contributed by atoms with van der Waals surface area (Å²) in [4.78, 5) is 13.0. The van der Waals surface area contributed by atoms with Crippen molar-refractivity contribution < 1.29 is 39.8 Å². The third kappa shape index (κ3) is 41.8. The van der Waals surface area contributed by atoms with E-state index in [1.807, 2.05) is 6.08 Å². The maximum atomic E-state index is 13.0. The molecule has 7 unspecified atom stereocenters. The summed E-state index contributed by atoms with van der Waals surface area (Å²) in [5.41, 5.74) is 0. The Bertz CT molecular complexity index is 1120. The van der Waals surface area contributed by atoms with Crippen molar-refractivity contribution in [1.82, 2.24) is 5.32 Å². The summed E-state index contributed by atoms with van der Waals surface area (Å²) in [6.45, 7) is 3.79. The van der Waals surface area contributed by atoms with Gasteiger partial charge in [0.15, 0.2) is 6.29 Å². The zero-order valence-electron chi connectivity index (χ0n) is 47.0. The van der Waals surface area contributed by atoms with Crippen molar-refractivity contribution in [3.05, 3.63) is 12.2 Å². The average molecular weight is 1010 g/mol. The van der Waals surface area contributed by atoms with Crippen LogP contribution in [0.5, 0.6) is 0 Å². The molecule has 1 heterocycles. The quantitative estimate of drug-likeness (QED) is 0.0261. The van der Waals surface area contributed by atoms with Gasteiger partial charge in [-0.05, 0) is 19.3 Å². The molecule has 1 amide bonds. The molecule has 1 aliphatic rings. The van der Waals surface area contributed by atoms with Crippen LogP contribution in [0.4, 0.5) is 0 Å². The first-order valence-corrected chi connectivity index (χ1v) is 31.4. The second-order valence-electron chi connectivity index (χ2n) is 22.2. The SMILES string of the molecule is CCCCCCCCCC/C=C/C(O)C(COC1OC(CO)C(O)C(O)C1O)NC(=O)CCCCCCCCCCCCCCCCCCCCCCCCCCCCCCCCCCCCCCCC. The van der Waals surface area contributed by atoms with Crippen molar-refractivity contribution in [3.8, 4) is 0 Å². The van der Waals surface area contributed by atoms with Gasteiger partial charge in [-0.25, -0.2) is 0 Å². The number of aliphatic hydroxyl groups excluding tert-OH is 5. The van der Waals surface area contributed by atoms with E-state index in [-0.39, 0.29) is 12.5 Å².